The minimum Gasteiger partial charge on any atom is -0.377 e. The molecule has 0 bridgehead atoms. The summed E-state index contributed by atoms with van der Waals surface area (Å²) >= 11 is 0. The van der Waals surface area contributed by atoms with Crippen LogP contribution in [0.2, 0.25) is 0 Å². The zero-order valence-electron chi connectivity index (χ0n) is 18.5. The quantitative estimate of drug-likeness (QED) is 0.296. The van der Waals surface area contributed by atoms with Gasteiger partial charge in [0.15, 0.2) is 0 Å². The van der Waals surface area contributed by atoms with E-state index in [0.717, 1.165) is 25.3 Å². The van der Waals surface area contributed by atoms with E-state index in [4.69, 9.17) is 23.7 Å². The summed E-state index contributed by atoms with van der Waals surface area (Å²) in [6, 6.07) is 0. The highest BCUT2D eigenvalue weighted by molar-refractivity contribution is 5.77. The van der Waals surface area contributed by atoms with Crippen LogP contribution in [-0.4, -0.2) is 78.0 Å². The molecule has 0 aliphatic rings. The van der Waals surface area contributed by atoms with Gasteiger partial charge in [0, 0.05) is 6.54 Å². The first-order valence-corrected chi connectivity index (χ1v) is 10.7. The van der Waals surface area contributed by atoms with E-state index in [1.165, 1.54) is 12.8 Å². The fourth-order valence-corrected chi connectivity index (χ4v) is 2.30. The number of hydrogen-bond donors (Lipinski definition) is 1. The Morgan fingerprint density at radius 1 is 0.714 bits per heavy atom. The van der Waals surface area contributed by atoms with Gasteiger partial charge in [-0.05, 0) is 26.2 Å². The Balaban J connectivity index is 3.15. The van der Waals surface area contributed by atoms with Crippen molar-refractivity contribution in [3.8, 4) is 0 Å². The molecule has 0 fully saturated rings. The molecule has 28 heavy (non-hydrogen) atoms. The van der Waals surface area contributed by atoms with Gasteiger partial charge in [-0.3, -0.25) is 4.79 Å². The molecule has 0 radical (unpaired) electrons. The Bertz CT molecular complexity index is 339. The van der Waals surface area contributed by atoms with Crippen LogP contribution >= 0.6 is 0 Å². The lowest BCUT2D eigenvalue weighted by molar-refractivity contribution is -0.126. The summed E-state index contributed by atoms with van der Waals surface area (Å²) in [6.07, 6.45) is 4.90. The molecule has 0 aliphatic carbocycles. The summed E-state index contributed by atoms with van der Waals surface area (Å²) in [7, 11) is 0. The Morgan fingerprint density at radius 2 is 1.25 bits per heavy atom. The zero-order valence-corrected chi connectivity index (χ0v) is 18.5. The molecule has 0 rings (SSSR count). The maximum atomic E-state index is 11.6. The van der Waals surface area contributed by atoms with Crippen LogP contribution in [-0.2, 0) is 28.5 Å². The van der Waals surface area contributed by atoms with Gasteiger partial charge in [0.25, 0.3) is 0 Å². The van der Waals surface area contributed by atoms with E-state index < -0.39 is 0 Å². The van der Waals surface area contributed by atoms with E-state index in [1.807, 2.05) is 13.8 Å². The van der Waals surface area contributed by atoms with Crippen molar-refractivity contribution in [3.63, 3.8) is 0 Å². The largest absolute Gasteiger partial charge is 0.377 e. The third-order valence-electron chi connectivity index (χ3n) is 3.81. The molecule has 168 valence electrons. The number of nitrogens with one attached hydrogen (secondary N) is 1. The van der Waals surface area contributed by atoms with Crippen molar-refractivity contribution in [2.24, 2.45) is 5.92 Å². The van der Waals surface area contributed by atoms with Gasteiger partial charge in [0.05, 0.1) is 59.0 Å². The molecule has 0 aromatic heterocycles. The predicted molar refractivity (Wildman–Crippen MR) is 111 cm³/mol. The Morgan fingerprint density at radius 3 is 1.79 bits per heavy atom. The van der Waals surface area contributed by atoms with Crippen molar-refractivity contribution in [3.05, 3.63) is 0 Å². The smallest absolute Gasteiger partial charge is 0.245 e. The van der Waals surface area contributed by atoms with E-state index in [2.05, 4.69) is 19.2 Å². The molecule has 0 heterocycles. The summed E-state index contributed by atoms with van der Waals surface area (Å²) in [6.45, 7) is 13.4. The number of hydrogen-bond acceptors (Lipinski definition) is 6. The van der Waals surface area contributed by atoms with Crippen molar-refractivity contribution in [2.45, 2.75) is 59.5 Å². The summed E-state index contributed by atoms with van der Waals surface area (Å²) in [4.78, 5) is 11.6. The topological polar surface area (TPSA) is 75.3 Å². The minimum atomic E-state index is -0.0639. The molecule has 7 nitrogen and oxygen atoms in total. The average Bonchev–Trinajstić information content (AvgIpc) is 2.64. The highest BCUT2D eigenvalue weighted by Crippen LogP contribution is 2.07. The van der Waals surface area contributed by atoms with Crippen LogP contribution in [0.5, 0.6) is 0 Å². The fraction of sp³-hybridized carbons (Fsp3) is 0.952. The SMILES string of the molecule is CC(C)CCCCCNC(=O)COCCOCCOCCOCCOC(C)C. The molecule has 0 aromatic rings. The predicted octanol–water partition coefficient (Wildman–Crippen LogP) is 2.81. The molecule has 0 atom stereocenters. The van der Waals surface area contributed by atoms with Crippen LogP contribution in [0.3, 0.4) is 0 Å². The van der Waals surface area contributed by atoms with E-state index in [0.29, 0.717) is 52.9 Å². The van der Waals surface area contributed by atoms with Crippen LogP contribution in [0.15, 0.2) is 0 Å². The summed E-state index contributed by atoms with van der Waals surface area (Å²) < 4.78 is 26.8. The van der Waals surface area contributed by atoms with Gasteiger partial charge in [0.1, 0.15) is 6.61 Å². The van der Waals surface area contributed by atoms with Crippen molar-refractivity contribution in [1.29, 1.82) is 0 Å². The molecule has 0 unspecified atom stereocenters. The van der Waals surface area contributed by atoms with Gasteiger partial charge in [-0.15, -0.1) is 0 Å². The number of unbranched alkanes of at least 4 members (excludes halogenated alkanes) is 2. The van der Waals surface area contributed by atoms with Crippen LogP contribution in [0.1, 0.15) is 53.4 Å². The van der Waals surface area contributed by atoms with E-state index in [9.17, 15) is 4.79 Å². The summed E-state index contributed by atoms with van der Waals surface area (Å²) in [5, 5.41) is 2.88. The number of carbonyl (C=O) groups is 1. The van der Waals surface area contributed by atoms with E-state index in [-0.39, 0.29) is 18.6 Å². The minimum absolute atomic E-state index is 0.0639. The van der Waals surface area contributed by atoms with Gasteiger partial charge in [0.2, 0.25) is 5.91 Å². The standard InChI is InChI=1S/C21H43NO6/c1-19(2)8-6-5-7-9-22-21(23)18-27-15-14-25-11-10-24-12-13-26-16-17-28-20(3)4/h19-20H,5-18H2,1-4H3,(H,22,23). The van der Waals surface area contributed by atoms with Gasteiger partial charge < -0.3 is 29.0 Å². The number of amides is 1. The zero-order chi connectivity index (χ0) is 20.9. The second-order valence-electron chi connectivity index (χ2n) is 7.40. The normalized spacial score (nSPS) is 11.5. The second-order valence-corrected chi connectivity index (χ2v) is 7.40. The molecule has 0 aliphatic heterocycles. The van der Waals surface area contributed by atoms with E-state index in [1.54, 1.807) is 0 Å². The van der Waals surface area contributed by atoms with Crippen molar-refractivity contribution in [1.82, 2.24) is 5.32 Å². The Kier molecular flexibility index (Phi) is 20.4. The molecule has 0 saturated heterocycles. The lowest BCUT2D eigenvalue weighted by atomic mass is 10.1. The molecule has 0 aromatic carbocycles. The maximum absolute atomic E-state index is 11.6. The first-order chi connectivity index (χ1) is 13.5. The van der Waals surface area contributed by atoms with E-state index >= 15 is 0 Å². The molecule has 1 amide bonds. The first-order valence-electron chi connectivity index (χ1n) is 10.7. The molecule has 0 spiro atoms. The van der Waals surface area contributed by atoms with Crippen molar-refractivity contribution >= 4 is 5.91 Å². The fourth-order valence-electron chi connectivity index (χ4n) is 2.30. The van der Waals surface area contributed by atoms with Crippen molar-refractivity contribution in [2.75, 3.05) is 66.0 Å². The highest BCUT2D eigenvalue weighted by Gasteiger charge is 2.01. The molecule has 0 saturated carbocycles. The molecule has 1 N–H and O–H groups in total. The Labute approximate surface area is 171 Å². The average molecular weight is 406 g/mol. The van der Waals surface area contributed by atoms with Gasteiger partial charge >= 0.3 is 0 Å². The van der Waals surface area contributed by atoms with Crippen LogP contribution < -0.4 is 5.32 Å². The highest BCUT2D eigenvalue weighted by atomic mass is 16.6. The number of ether oxygens (including phenoxy) is 5. The van der Waals surface area contributed by atoms with Crippen molar-refractivity contribution < 1.29 is 28.5 Å². The first kappa shape index (κ1) is 27.3. The molecular weight excluding hydrogens is 362 g/mol. The molecular formula is C21H43NO6. The number of carbonyl (C=O) groups excluding carboxylic acids is 1. The third kappa shape index (κ3) is 23.3. The van der Waals surface area contributed by atoms with Crippen LogP contribution in [0.25, 0.3) is 0 Å². The monoisotopic (exact) mass is 405 g/mol. The van der Waals surface area contributed by atoms with Gasteiger partial charge in [-0.25, -0.2) is 0 Å². The number of rotatable bonds is 21. The van der Waals surface area contributed by atoms with Crippen LogP contribution in [0, 0.1) is 5.92 Å². The molecule has 7 heteroatoms. The second kappa shape index (κ2) is 21.0. The lowest BCUT2D eigenvalue weighted by Crippen LogP contribution is -2.29. The maximum Gasteiger partial charge on any atom is 0.245 e. The third-order valence-corrected chi connectivity index (χ3v) is 3.81. The summed E-state index contributed by atoms with van der Waals surface area (Å²) in [5.74, 6) is 0.691. The van der Waals surface area contributed by atoms with Gasteiger partial charge in [-0.2, -0.15) is 0 Å². The lowest BCUT2D eigenvalue weighted by Gasteiger charge is -2.09. The van der Waals surface area contributed by atoms with Gasteiger partial charge in [-0.1, -0.05) is 33.1 Å². The Hall–Kier alpha value is -0.730. The van der Waals surface area contributed by atoms with Crippen LogP contribution in [0.4, 0.5) is 0 Å². The summed E-state index contributed by atoms with van der Waals surface area (Å²) in [5.41, 5.74) is 0.